The molecule has 2 rings (SSSR count). The maximum absolute atomic E-state index is 12.0. The fourth-order valence-corrected chi connectivity index (χ4v) is 1.98. The largest absolute Gasteiger partial charge is 0.462 e. The van der Waals surface area contributed by atoms with Crippen molar-refractivity contribution in [2.75, 3.05) is 13.2 Å². The average molecular weight is 298 g/mol. The summed E-state index contributed by atoms with van der Waals surface area (Å²) in [6, 6.07) is 16.1. The number of esters is 2. The topological polar surface area (TPSA) is 52.6 Å². The van der Waals surface area contributed by atoms with Gasteiger partial charge in [0.15, 0.2) is 0 Å². The minimum absolute atomic E-state index is 0.296. The van der Waals surface area contributed by atoms with Crippen molar-refractivity contribution in [1.29, 1.82) is 0 Å². The van der Waals surface area contributed by atoms with Crippen molar-refractivity contribution in [3.63, 3.8) is 0 Å². The normalized spacial score (nSPS) is 10.0. The van der Waals surface area contributed by atoms with Crippen molar-refractivity contribution in [2.45, 2.75) is 13.3 Å². The lowest BCUT2D eigenvalue weighted by atomic mass is 10.1. The standard InChI is InChI=1S/C18H18O4/c1-2-21-17(19)15-9-6-10-16(13-15)18(20)22-12-11-14-7-4-3-5-8-14/h3-10,13H,2,11-12H2,1H3. The maximum atomic E-state index is 12.0. The van der Waals surface area contributed by atoms with E-state index < -0.39 is 11.9 Å². The Morgan fingerprint density at radius 2 is 1.50 bits per heavy atom. The third-order valence-corrected chi connectivity index (χ3v) is 3.08. The van der Waals surface area contributed by atoms with Gasteiger partial charge in [-0.05, 0) is 30.7 Å². The van der Waals surface area contributed by atoms with Crippen LogP contribution in [0.5, 0.6) is 0 Å². The highest BCUT2D eigenvalue weighted by Crippen LogP contribution is 2.09. The SMILES string of the molecule is CCOC(=O)c1cccc(C(=O)OCCc2ccccc2)c1. The van der Waals surface area contributed by atoms with Gasteiger partial charge in [0.25, 0.3) is 0 Å². The van der Waals surface area contributed by atoms with E-state index in [0.717, 1.165) is 5.56 Å². The van der Waals surface area contributed by atoms with Gasteiger partial charge >= 0.3 is 11.9 Å². The molecule has 0 saturated heterocycles. The molecule has 0 amide bonds. The third kappa shape index (κ3) is 4.45. The predicted molar refractivity (Wildman–Crippen MR) is 82.8 cm³/mol. The van der Waals surface area contributed by atoms with Crippen LogP contribution in [0.4, 0.5) is 0 Å². The zero-order valence-electron chi connectivity index (χ0n) is 12.5. The highest BCUT2D eigenvalue weighted by molar-refractivity contribution is 5.95. The van der Waals surface area contributed by atoms with Gasteiger partial charge in [-0.25, -0.2) is 9.59 Å². The van der Waals surface area contributed by atoms with E-state index >= 15 is 0 Å². The Labute approximate surface area is 129 Å². The number of benzene rings is 2. The van der Waals surface area contributed by atoms with E-state index in [0.29, 0.717) is 30.8 Å². The minimum Gasteiger partial charge on any atom is -0.462 e. The third-order valence-electron chi connectivity index (χ3n) is 3.08. The molecule has 4 heteroatoms. The Bertz CT molecular complexity index is 635. The van der Waals surface area contributed by atoms with Gasteiger partial charge in [-0.15, -0.1) is 0 Å². The van der Waals surface area contributed by atoms with E-state index in [4.69, 9.17) is 9.47 Å². The maximum Gasteiger partial charge on any atom is 0.338 e. The second kappa shape index (κ2) is 7.98. The van der Waals surface area contributed by atoms with Crippen LogP contribution in [0.2, 0.25) is 0 Å². The molecule has 2 aromatic carbocycles. The Kier molecular flexibility index (Phi) is 5.72. The molecule has 0 atom stereocenters. The minimum atomic E-state index is -0.443. The van der Waals surface area contributed by atoms with Crippen molar-refractivity contribution in [1.82, 2.24) is 0 Å². The Hall–Kier alpha value is -2.62. The first kappa shape index (κ1) is 15.8. The fraction of sp³-hybridized carbons (Fsp3) is 0.222. The van der Waals surface area contributed by atoms with E-state index in [2.05, 4.69) is 0 Å². The summed E-state index contributed by atoms with van der Waals surface area (Å²) in [4.78, 5) is 23.6. The van der Waals surface area contributed by atoms with E-state index in [1.165, 1.54) is 6.07 Å². The molecule has 0 N–H and O–H groups in total. The van der Waals surface area contributed by atoms with Crippen molar-refractivity contribution in [2.24, 2.45) is 0 Å². The van der Waals surface area contributed by atoms with Crippen LogP contribution in [-0.2, 0) is 15.9 Å². The monoisotopic (exact) mass is 298 g/mol. The van der Waals surface area contributed by atoms with Crippen LogP contribution in [0.3, 0.4) is 0 Å². The summed E-state index contributed by atoms with van der Waals surface area (Å²) >= 11 is 0. The zero-order chi connectivity index (χ0) is 15.8. The molecule has 0 aromatic heterocycles. The second-order valence-corrected chi connectivity index (χ2v) is 4.67. The molecule has 0 aliphatic carbocycles. The highest BCUT2D eigenvalue weighted by atomic mass is 16.5. The average Bonchev–Trinajstić information content (AvgIpc) is 2.56. The Balaban J connectivity index is 1.92. The molecular weight excluding hydrogens is 280 g/mol. The summed E-state index contributed by atoms with van der Waals surface area (Å²) in [6.45, 7) is 2.33. The van der Waals surface area contributed by atoms with Gasteiger partial charge in [0.1, 0.15) is 0 Å². The molecule has 4 nitrogen and oxygen atoms in total. The number of carbonyl (C=O) groups is 2. The van der Waals surface area contributed by atoms with Crippen LogP contribution in [0.15, 0.2) is 54.6 Å². The molecule has 0 spiro atoms. The summed E-state index contributed by atoms with van der Waals surface area (Å²) < 4.78 is 10.1. The predicted octanol–water partition coefficient (Wildman–Crippen LogP) is 3.26. The smallest absolute Gasteiger partial charge is 0.338 e. The first-order valence-electron chi connectivity index (χ1n) is 7.19. The van der Waals surface area contributed by atoms with E-state index in [9.17, 15) is 9.59 Å². The van der Waals surface area contributed by atoms with E-state index in [1.54, 1.807) is 25.1 Å². The lowest BCUT2D eigenvalue weighted by Crippen LogP contribution is -2.10. The van der Waals surface area contributed by atoms with Crippen molar-refractivity contribution < 1.29 is 19.1 Å². The molecule has 2 aromatic rings. The van der Waals surface area contributed by atoms with Crippen LogP contribution < -0.4 is 0 Å². The number of rotatable bonds is 6. The second-order valence-electron chi connectivity index (χ2n) is 4.67. The molecule has 0 heterocycles. The van der Waals surface area contributed by atoms with Crippen LogP contribution in [0, 0.1) is 0 Å². The number of hydrogen-bond donors (Lipinski definition) is 0. The van der Waals surface area contributed by atoms with Crippen LogP contribution in [0.25, 0.3) is 0 Å². The summed E-state index contributed by atoms with van der Waals surface area (Å²) in [5.41, 5.74) is 1.80. The van der Waals surface area contributed by atoms with E-state index in [-0.39, 0.29) is 0 Å². The first-order chi connectivity index (χ1) is 10.7. The molecule has 0 aliphatic heterocycles. The van der Waals surface area contributed by atoms with Crippen LogP contribution in [-0.4, -0.2) is 25.2 Å². The number of carbonyl (C=O) groups excluding carboxylic acids is 2. The number of hydrogen-bond acceptors (Lipinski definition) is 4. The van der Waals surface area contributed by atoms with Crippen LogP contribution >= 0.6 is 0 Å². The van der Waals surface area contributed by atoms with Gasteiger partial charge in [-0.3, -0.25) is 0 Å². The molecule has 0 saturated carbocycles. The van der Waals surface area contributed by atoms with Gasteiger partial charge in [-0.1, -0.05) is 36.4 Å². The van der Waals surface area contributed by atoms with E-state index in [1.807, 2.05) is 30.3 Å². The molecular formula is C18H18O4. The van der Waals surface area contributed by atoms with Gasteiger partial charge in [0, 0.05) is 6.42 Å². The molecule has 114 valence electrons. The van der Waals surface area contributed by atoms with Crippen molar-refractivity contribution in [3.8, 4) is 0 Å². The lowest BCUT2D eigenvalue weighted by Gasteiger charge is -2.06. The summed E-state index contributed by atoms with van der Waals surface area (Å²) in [5, 5.41) is 0. The molecule has 0 aliphatic rings. The van der Waals surface area contributed by atoms with Gasteiger partial charge < -0.3 is 9.47 Å². The first-order valence-corrected chi connectivity index (χ1v) is 7.19. The molecule has 0 unspecified atom stereocenters. The van der Waals surface area contributed by atoms with Crippen molar-refractivity contribution in [3.05, 3.63) is 71.3 Å². The summed E-state index contributed by atoms with van der Waals surface area (Å²) in [5.74, 6) is -0.886. The lowest BCUT2D eigenvalue weighted by molar-refractivity contribution is 0.0509. The zero-order valence-corrected chi connectivity index (χ0v) is 12.5. The quantitative estimate of drug-likeness (QED) is 0.768. The summed E-state index contributed by atoms with van der Waals surface area (Å²) in [7, 11) is 0. The molecule has 0 fully saturated rings. The van der Waals surface area contributed by atoms with Crippen molar-refractivity contribution >= 4 is 11.9 Å². The fourth-order valence-electron chi connectivity index (χ4n) is 1.98. The molecule has 0 radical (unpaired) electrons. The van der Waals surface area contributed by atoms with Gasteiger partial charge in [-0.2, -0.15) is 0 Å². The summed E-state index contributed by atoms with van der Waals surface area (Å²) in [6.07, 6.45) is 0.657. The van der Waals surface area contributed by atoms with Gasteiger partial charge in [0.05, 0.1) is 24.3 Å². The molecule has 22 heavy (non-hydrogen) atoms. The Morgan fingerprint density at radius 1 is 0.864 bits per heavy atom. The Morgan fingerprint density at radius 3 is 2.14 bits per heavy atom. The molecule has 0 bridgehead atoms. The van der Waals surface area contributed by atoms with Gasteiger partial charge in [0.2, 0.25) is 0 Å². The van der Waals surface area contributed by atoms with Crippen LogP contribution in [0.1, 0.15) is 33.2 Å². The highest BCUT2D eigenvalue weighted by Gasteiger charge is 2.12. The number of ether oxygens (including phenoxy) is 2.